The van der Waals surface area contributed by atoms with E-state index < -0.39 is 0 Å². The normalized spacial score (nSPS) is 15.8. The van der Waals surface area contributed by atoms with Gasteiger partial charge in [0, 0.05) is 30.3 Å². The molecule has 0 unspecified atom stereocenters. The SMILES string of the molecule is Cc1cccc(C)c1NC(=O)N1CCSCC1. The van der Waals surface area contributed by atoms with Gasteiger partial charge in [0.25, 0.3) is 0 Å². The van der Waals surface area contributed by atoms with Crippen LogP contribution < -0.4 is 5.32 Å². The second kappa shape index (κ2) is 5.45. The van der Waals surface area contributed by atoms with E-state index in [1.165, 1.54) is 0 Å². The predicted octanol–water partition coefficient (Wildman–Crippen LogP) is 2.88. The fourth-order valence-electron chi connectivity index (χ4n) is 1.96. The lowest BCUT2D eigenvalue weighted by molar-refractivity contribution is 0.217. The minimum atomic E-state index is 0.0303. The molecule has 1 aliphatic rings. The van der Waals surface area contributed by atoms with Crippen LogP contribution in [0.15, 0.2) is 18.2 Å². The highest BCUT2D eigenvalue weighted by Crippen LogP contribution is 2.20. The first-order chi connectivity index (χ1) is 8.18. The third kappa shape index (κ3) is 2.94. The first-order valence-corrected chi connectivity index (χ1v) is 7.04. The molecule has 0 aliphatic carbocycles. The van der Waals surface area contributed by atoms with Crippen LogP contribution in [0.3, 0.4) is 0 Å². The van der Waals surface area contributed by atoms with E-state index in [4.69, 9.17) is 0 Å². The largest absolute Gasteiger partial charge is 0.323 e. The number of urea groups is 1. The van der Waals surface area contributed by atoms with Gasteiger partial charge in [0.1, 0.15) is 0 Å². The van der Waals surface area contributed by atoms with E-state index >= 15 is 0 Å². The minimum Gasteiger partial charge on any atom is -0.323 e. The van der Waals surface area contributed by atoms with E-state index in [1.54, 1.807) is 0 Å². The van der Waals surface area contributed by atoms with Gasteiger partial charge in [-0.1, -0.05) is 18.2 Å². The number of thioether (sulfide) groups is 1. The Hall–Kier alpha value is -1.16. The Morgan fingerprint density at radius 2 is 1.82 bits per heavy atom. The first-order valence-electron chi connectivity index (χ1n) is 5.88. The number of hydrogen-bond acceptors (Lipinski definition) is 2. The Morgan fingerprint density at radius 3 is 2.41 bits per heavy atom. The standard InChI is InChI=1S/C13H18N2OS/c1-10-4-3-5-11(2)12(10)14-13(16)15-6-8-17-9-7-15/h3-5H,6-9H2,1-2H3,(H,14,16). The van der Waals surface area contributed by atoms with Crippen molar-refractivity contribution in [1.29, 1.82) is 0 Å². The molecular weight excluding hydrogens is 232 g/mol. The van der Waals surface area contributed by atoms with E-state index in [0.29, 0.717) is 0 Å². The lowest BCUT2D eigenvalue weighted by Gasteiger charge is -2.27. The lowest BCUT2D eigenvalue weighted by Crippen LogP contribution is -2.40. The molecule has 1 saturated heterocycles. The van der Waals surface area contributed by atoms with Gasteiger partial charge in [-0.3, -0.25) is 0 Å². The van der Waals surface area contributed by atoms with Crippen LogP contribution in [0.2, 0.25) is 0 Å². The van der Waals surface area contributed by atoms with Gasteiger partial charge < -0.3 is 10.2 Å². The van der Waals surface area contributed by atoms with Gasteiger partial charge in [0.05, 0.1) is 0 Å². The third-order valence-corrected chi connectivity index (χ3v) is 3.95. The van der Waals surface area contributed by atoms with Gasteiger partial charge in [-0.05, 0) is 25.0 Å². The van der Waals surface area contributed by atoms with Gasteiger partial charge >= 0.3 is 6.03 Å². The smallest absolute Gasteiger partial charge is 0.321 e. The average molecular weight is 250 g/mol. The predicted molar refractivity (Wildman–Crippen MR) is 73.8 cm³/mol. The molecule has 1 aliphatic heterocycles. The van der Waals surface area contributed by atoms with Crippen molar-refractivity contribution in [3.8, 4) is 0 Å². The van der Waals surface area contributed by atoms with E-state index in [9.17, 15) is 4.79 Å². The number of para-hydroxylation sites is 1. The van der Waals surface area contributed by atoms with Crippen LogP contribution in [0.4, 0.5) is 10.5 Å². The van der Waals surface area contributed by atoms with Crippen molar-refractivity contribution < 1.29 is 4.79 Å². The van der Waals surface area contributed by atoms with Crippen LogP contribution in [0.1, 0.15) is 11.1 Å². The van der Waals surface area contributed by atoms with Gasteiger partial charge in [0.2, 0.25) is 0 Å². The number of benzene rings is 1. The molecule has 2 rings (SSSR count). The van der Waals surface area contributed by atoms with Crippen LogP contribution in [0.5, 0.6) is 0 Å². The second-order valence-corrected chi connectivity index (χ2v) is 5.52. The van der Waals surface area contributed by atoms with Crippen LogP contribution in [-0.2, 0) is 0 Å². The summed E-state index contributed by atoms with van der Waals surface area (Å²) in [4.78, 5) is 14.0. The highest BCUT2D eigenvalue weighted by atomic mass is 32.2. The van der Waals surface area contributed by atoms with Gasteiger partial charge in [0.15, 0.2) is 0 Å². The average Bonchev–Trinajstić information content (AvgIpc) is 2.35. The maximum absolute atomic E-state index is 12.1. The van der Waals surface area contributed by atoms with Crippen molar-refractivity contribution in [2.45, 2.75) is 13.8 Å². The molecule has 1 heterocycles. The molecule has 0 aromatic heterocycles. The zero-order valence-corrected chi connectivity index (χ0v) is 11.1. The summed E-state index contributed by atoms with van der Waals surface area (Å²) in [5.74, 6) is 2.08. The summed E-state index contributed by atoms with van der Waals surface area (Å²) in [7, 11) is 0. The molecule has 17 heavy (non-hydrogen) atoms. The molecule has 0 spiro atoms. The number of carbonyl (C=O) groups is 1. The Bertz CT molecular complexity index is 394. The Kier molecular flexibility index (Phi) is 3.94. The summed E-state index contributed by atoms with van der Waals surface area (Å²) in [6.45, 7) is 5.74. The molecule has 3 nitrogen and oxygen atoms in total. The van der Waals surface area contributed by atoms with Crippen LogP contribution in [0.25, 0.3) is 0 Å². The number of rotatable bonds is 1. The highest BCUT2D eigenvalue weighted by Gasteiger charge is 2.17. The fourth-order valence-corrected chi connectivity index (χ4v) is 2.87. The second-order valence-electron chi connectivity index (χ2n) is 4.30. The summed E-state index contributed by atoms with van der Waals surface area (Å²) in [6.07, 6.45) is 0. The zero-order chi connectivity index (χ0) is 12.3. The number of hydrogen-bond donors (Lipinski definition) is 1. The van der Waals surface area contributed by atoms with Crippen molar-refractivity contribution in [2.24, 2.45) is 0 Å². The maximum atomic E-state index is 12.1. The highest BCUT2D eigenvalue weighted by molar-refractivity contribution is 7.99. The molecular formula is C13H18N2OS. The van der Waals surface area contributed by atoms with Crippen LogP contribution in [0, 0.1) is 13.8 Å². The van der Waals surface area contributed by atoms with Crippen molar-refractivity contribution in [2.75, 3.05) is 29.9 Å². The summed E-state index contributed by atoms with van der Waals surface area (Å²) in [5.41, 5.74) is 3.19. The van der Waals surface area contributed by atoms with Crippen molar-refractivity contribution in [3.63, 3.8) is 0 Å². The summed E-state index contributed by atoms with van der Waals surface area (Å²) < 4.78 is 0. The molecule has 92 valence electrons. The number of aryl methyl sites for hydroxylation is 2. The van der Waals surface area contributed by atoms with E-state index in [2.05, 4.69) is 5.32 Å². The zero-order valence-electron chi connectivity index (χ0n) is 10.3. The molecule has 0 bridgehead atoms. The molecule has 1 aromatic carbocycles. The van der Waals surface area contributed by atoms with Gasteiger partial charge in [-0.25, -0.2) is 4.79 Å². The van der Waals surface area contributed by atoms with Crippen LogP contribution in [-0.4, -0.2) is 35.5 Å². The molecule has 0 radical (unpaired) electrons. The van der Waals surface area contributed by atoms with E-state index in [1.807, 2.05) is 48.7 Å². The van der Waals surface area contributed by atoms with Crippen LogP contribution >= 0.6 is 11.8 Å². The number of anilines is 1. The molecule has 4 heteroatoms. The Labute approximate surface area is 107 Å². The van der Waals surface area contributed by atoms with Crippen molar-refractivity contribution in [3.05, 3.63) is 29.3 Å². The summed E-state index contributed by atoms with van der Waals surface area (Å²) in [5, 5.41) is 3.03. The maximum Gasteiger partial charge on any atom is 0.321 e. The number of amides is 2. The molecule has 1 aromatic rings. The first kappa shape index (κ1) is 12.3. The number of nitrogens with one attached hydrogen (secondary N) is 1. The third-order valence-electron chi connectivity index (χ3n) is 3.01. The van der Waals surface area contributed by atoms with E-state index in [-0.39, 0.29) is 6.03 Å². The van der Waals surface area contributed by atoms with Gasteiger partial charge in [-0.2, -0.15) is 11.8 Å². The van der Waals surface area contributed by atoms with Crippen molar-refractivity contribution in [1.82, 2.24) is 4.90 Å². The summed E-state index contributed by atoms with van der Waals surface area (Å²) in [6, 6.07) is 6.09. The Balaban J connectivity index is 2.07. The quantitative estimate of drug-likeness (QED) is 0.831. The lowest BCUT2D eigenvalue weighted by atomic mass is 10.1. The molecule has 1 N–H and O–H groups in total. The molecule has 2 amide bonds. The van der Waals surface area contributed by atoms with Gasteiger partial charge in [-0.15, -0.1) is 0 Å². The monoisotopic (exact) mass is 250 g/mol. The molecule has 0 atom stereocenters. The summed E-state index contributed by atoms with van der Waals surface area (Å²) >= 11 is 1.91. The number of nitrogens with zero attached hydrogens (tertiary/aromatic N) is 1. The fraction of sp³-hybridized carbons (Fsp3) is 0.462. The topological polar surface area (TPSA) is 32.3 Å². The van der Waals surface area contributed by atoms with E-state index in [0.717, 1.165) is 41.4 Å². The van der Waals surface area contributed by atoms with Crippen molar-refractivity contribution >= 4 is 23.5 Å². The minimum absolute atomic E-state index is 0.0303. The number of carbonyl (C=O) groups excluding carboxylic acids is 1. The molecule has 1 fully saturated rings. The molecule has 0 saturated carbocycles. The Morgan fingerprint density at radius 1 is 1.24 bits per heavy atom.